The summed E-state index contributed by atoms with van der Waals surface area (Å²) in [6, 6.07) is 14.3. The number of imide groups is 2. The minimum absolute atomic E-state index is 0.00622. The largest absolute Gasteiger partial charge is 0.461 e. The van der Waals surface area contributed by atoms with Crippen molar-refractivity contribution in [1.82, 2.24) is 59.5 Å². The molecule has 2 aromatic carbocycles. The Morgan fingerprint density at radius 3 is 1.36 bits per heavy atom. The molecule has 26 nitrogen and oxygen atoms in total. The number of nitrogens with zero attached hydrogens (tertiary/aromatic N) is 8. The van der Waals surface area contributed by atoms with E-state index in [9.17, 15) is 38.4 Å². The molecule has 4 aromatic heterocycles. The van der Waals surface area contributed by atoms with Crippen LogP contribution in [0.1, 0.15) is 54.4 Å². The fourth-order valence-corrected chi connectivity index (χ4v) is 8.50. The van der Waals surface area contributed by atoms with E-state index < -0.39 is 58.7 Å². The maximum atomic E-state index is 13.3. The van der Waals surface area contributed by atoms with Crippen LogP contribution < -0.4 is 43.0 Å². The lowest BCUT2D eigenvalue weighted by atomic mass is 9.92. The highest BCUT2D eigenvalue weighted by Crippen LogP contribution is 2.32. The van der Waals surface area contributed by atoms with Gasteiger partial charge in [0.05, 0.1) is 26.3 Å². The summed E-state index contributed by atoms with van der Waals surface area (Å²) < 4.78 is 23.8. The molecule has 2 saturated heterocycles. The zero-order valence-corrected chi connectivity index (χ0v) is 40.0. The molecule has 2 aliphatic heterocycles. The summed E-state index contributed by atoms with van der Waals surface area (Å²) in [6.07, 6.45) is -0.622. The lowest BCUT2D eigenvalue weighted by Crippen LogP contribution is -2.36. The van der Waals surface area contributed by atoms with Crippen LogP contribution in [0.3, 0.4) is 0 Å². The van der Waals surface area contributed by atoms with Gasteiger partial charge in [-0.2, -0.15) is 19.9 Å². The van der Waals surface area contributed by atoms with E-state index in [1.807, 2.05) is 0 Å². The van der Waals surface area contributed by atoms with Crippen molar-refractivity contribution in [3.05, 3.63) is 91.8 Å². The Morgan fingerprint density at radius 1 is 0.589 bits per heavy atom. The lowest BCUT2D eigenvalue weighted by molar-refractivity contribution is -0.140. The van der Waals surface area contributed by atoms with Gasteiger partial charge in [-0.25, -0.2) is 9.59 Å². The summed E-state index contributed by atoms with van der Waals surface area (Å²) in [7, 11) is 3.06. The number of nitrogen functional groups attached to an aromatic ring is 2. The number of fused-ring (bicyclic) bond motifs is 2. The van der Waals surface area contributed by atoms with Crippen molar-refractivity contribution < 1.29 is 47.7 Å². The van der Waals surface area contributed by atoms with Crippen LogP contribution in [-0.4, -0.2) is 138 Å². The Balaban J connectivity index is 0.747. The molecule has 26 heteroatoms. The Kier molecular flexibility index (Phi) is 15.8. The van der Waals surface area contributed by atoms with Crippen LogP contribution in [-0.2, 0) is 64.4 Å². The third kappa shape index (κ3) is 12.0. The number of hydrogen-bond acceptors (Lipinski definition) is 18. The monoisotopic (exact) mass is 1010 g/mol. The van der Waals surface area contributed by atoms with Crippen molar-refractivity contribution in [2.75, 3.05) is 65.2 Å². The predicted octanol–water partition coefficient (Wildman–Crippen LogP) is -0.283. The molecule has 6 amide bonds. The van der Waals surface area contributed by atoms with Gasteiger partial charge >= 0.3 is 23.4 Å². The molecule has 2 aliphatic rings. The number of nitrogens with one attached hydrogen (secondary N) is 4. The fraction of sp³-hybridized carbons (Fsp3) is 0.404. The number of H-pyrrole nitrogens is 2. The highest BCUT2D eigenvalue weighted by Gasteiger charge is 2.45. The molecule has 0 radical (unpaired) electrons. The number of amides is 6. The molecular weight excluding hydrogens is 953 g/mol. The molecule has 384 valence electrons. The Hall–Kier alpha value is -8.52. The number of carbonyl (C=O) groups excluding carboxylic acids is 6. The van der Waals surface area contributed by atoms with Gasteiger partial charge in [0.15, 0.2) is 22.9 Å². The van der Waals surface area contributed by atoms with Gasteiger partial charge in [-0.3, -0.25) is 47.7 Å². The summed E-state index contributed by atoms with van der Waals surface area (Å²) >= 11 is 0. The minimum Gasteiger partial charge on any atom is -0.461 e. The number of anilines is 2. The van der Waals surface area contributed by atoms with Gasteiger partial charge in [0.25, 0.3) is 0 Å². The van der Waals surface area contributed by atoms with Crippen molar-refractivity contribution in [3.8, 4) is 12.0 Å². The predicted molar refractivity (Wildman–Crippen MR) is 258 cm³/mol. The smallest absolute Gasteiger partial charge is 0.328 e. The molecule has 2 unspecified atom stereocenters. The highest BCUT2D eigenvalue weighted by molar-refractivity contribution is 6.06. The van der Waals surface area contributed by atoms with Gasteiger partial charge in [0, 0.05) is 77.9 Å². The van der Waals surface area contributed by atoms with E-state index in [1.165, 1.54) is 23.4 Å². The molecule has 6 heterocycles. The first-order valence-corrected chi connectivity index (χ1v) is 23.3. The van der Waals surface area contributed by atoms with Crippen LogP contribution >= 0.6 is 0 Å². The Labute approximate surface area is 414 Å². The molecule has 0 saturated carbocycles. The second-order valence-corrected chi connectivity index (χ2v) is 17.4. The number of ether oxygens (including phenoxy) is 4. The van der Waals surface area contributed by atoms with E-state index in [1.54, 1.807) is 48.5 Å². The fourth-order valence-electron chi connectivity index (χ4n) is 8.50. The molecule has 73 heavy (non-hydrogen) atoms. The Bertz CT molecular complexity index is 2960. The minimum atomic E-state index is -0.832. The number of likely N-dealkylation sites (tertiary alicyclic amines) is 2. The van der Waals surface area contributed by atoms with Crippen molar-refractivity contribution >= 4 is 69.4 Å². The second kappa shape index (κ2) is 22.7. The zero-order valence-electron chi connectivity index (χ0n) is 40.0. The SMILES string of the molecule is COCCOc1nc(N)c2[nH]c(=O)n(Cc3ccc(CNC(=O)CCN4C(=O)CC(CC5CC(=O)N(CCC(=O)NCc6ccc(Cn7c(=O)[nH]c8c(N)nc(OCCOC)nc87)cc6)C5=O)C4=O)cc3)c2n1. The number of methoxy groups -OCH3 is 2. The maximum absolute atomic E-state index is 13.3. The van der Waals surface area contributed by atoms with Crippen LogP contribution in [0.25, 0.3) is 22.3 Å². The quantitative estimate of drug-likeness (QED) is 0.0335. The van der Waals surface area contributed by atoms with Gasteiger partial charge in [0.1, 0.15) is 24.2 Å². The standard InChI is InChI=1S/C47H54N14O12/c1-70-15-17-72-44-54-38(48)36-40(56-44)60(46(68)52-36)24-28-7-3-26(4-8-28)22-50-32(62)11-13-58-34(64)20-30(42(58)66)19-31-21-35(65)59(43(31)67)14-12-33(63)51-23-27-5-9-29(10-6-27)25-61-41-37(53-47(61)69)39(49)55-45(57-41)73-18-16-71-2/h3-10,30-31H,11-25H2,1-2H3,(H,50,62)(H,51,63)(H,52,68)(H,53,69)(H2,48,54,56)(H2,49,55,57). The van der Waals surface area contributed by atoms with E-state index in [2.05, 4.69) is 40.5 Å². The number of aromatic nitrogens is 8. The Morgan fingerprint density at radius 2 is 0.973 bits per heavy atom. The zero-order chi connectivity index (χ0) is 51.8. The van der Waals surface area contributed by atoms with E-state index >= 15 is 0 Å². The number of nitrogens with two attached hydrogens (primary N) is 2. The first-order chi connectivity index (χ1) is 35.2. The normalized spacial score (nSPS) is 15.8. The van der Waals surface area contributed by atoms with Crippen LogP contribution in [0.4, 0.5) is 11.6 Å². The summed E-state index contributed by atoms with van der Waals surface area (Å²) in [5.41, 5.74) is 15.4. The summed E-state index contributed by atoms with van der Waals surface area (Å²) in [4.78, 5) is 128. The molecule has 2 atom stereocenters. The molecule has 8 rings (SSSR count). The third-order valence-corrected chi connectivity index (χ3v) is 12.4. The molecule has 6 aromatic rings. The van der Waals surface area contributed by atoms with E-state index in [-0.39, 0.29) is 131 Å². The van der Waals surface area contributed by atoms with E-state index in [4.69, 9.17) is 30.4 Å². The van der Waals surface area contributed by atoms with Crippen LogP contribution in [0.5, 0.6) is 12.0 Å². The molecule has 0 aliphatic carbocycles. The molecule has 0 bridgehead atoms. The van der Waals surface area contributed by atoms with Crippen LogP contribution in [0.15, 0.2) is 58.1 Å². The number of benzene rings is 2. The van der Waals surface area contributed by atoms with Crippen molar-refractivity contribution in [2.45, 2.75) is 58.3 Å². The summed E-state index contributed by atoms with van der Waals surface area (Å²) in [5, 5.41) is 5.58. The van der Waals surface area contributed by atoms with Gasteiger partial charge in [-0.05, 0) is 28.7 Å². The highest BCUT2D eigenvalue weighted by atomic mass is 16.5. The van der Waals surface area contributed by atoms with Crippen molar-refractivity contribution in [2.24, 2.45) is 11.8 Å². The number of aromatic amines is 2. The van der Waals surface area contributed by atoms with Gasteiger partial charge in [-0.1, -0.05) is 48.5 Å². The molecule has 8 N–H and O–H groups in total. The van der Waals surface area contributed by atoms with Gasteiger partial charge in [0.2, 0.25) is 35.4 Å². The van der Waals surface area contributed by atoms with E-state index in [0.717, 1.165) is 32.1 Å². The first kappa shape index (κ1) is 50.9. The number of carbonyl (C=O) groups is 6. The molecule has 0 spiro atoms. The maximum Gasteiger partial charge on any atom is 0.328 e. The van der Waals surface area contributed by atoms with Gasteiger partial charge in [-0.15, -0.1) is 0 Å². The molecular formula is C47H54N14O12. The molecule has 2 fully saturated rings. The van der Waals surface area contributed by atoms with E-state index in [0.29, 0.717) is 13.2 Å². The van der Waals surface area contributed by atoms with Crippen LogP contribution in [0, 0.1) is 11.8 Å². The third-order valence-electron chi connectivity index (χ3n) is 12.4. The van der Waals surface area contributed by atoms with Crippen molar-refractivity contribution in [1.29, 1.82) is 0 Å². The number of hydrogen-bond donors (Lipinski definition) is 6. The second-order valence-electron chi connectivity index (χ2n) is 17.4. The number of imidazole rings is 2. The average molecular weight is 1010 g/mol. The average Bonchev–Trinajstić information content (AvgIpc) is 4.04. The van der Waals surface area contributed by atoms with Crippen LogP contribution in [0.2, 0.25) is 0 Å². The van der Waals surface area contributed by atoms with Gasteiger partial charge < -0.3 is 51.0 Å². The topological polar surface area (TPSA) is 349 Å². The van der Waals surface area contributed by atoms with Crippen molar-refractivity contribution in [3.63, 3.8) is 0 Å². The number of rotatable bonds is 24. The first-order valence-electron chi connectivity index (χ1n) is 23.3. The summed E-state index contributed by atoms with van der Waals surface area (Å²) in [6.45, 7) is 1.34. The summed E-state index contributed by atoms with van der Waals surface area (Å²) in [5.74, 6) is -4.30. The lowest BCUT2D eigenvalue weighted by Gasteiger charge is -2.17.